The number of anilines is 1. The molecule has 2 aromatic carbocycles. The van der Waals surface area contributed by atoms with Crippen molar-refractivity contribution < 1.29 is 18.1 Å². The zero-order valence-corrected chi connectivity index (χ0v) is 18.0. The van der Waals surface area contributed by atoms with Gasteiger partial charge in [0.15, 0.2) is 0 Å². The van der Waals surface area contributed by atoms with Crippen molar-refractivity contribution >= 4 is 27.3 Å². The predicted molar refractivity (Wildman–Crippen MR) is 115 cm³/mol. The Morgan fingerprint density at radius 1 is 1.23 bits per heavy atom. The van der Waals surface area contributed by atoms with Crippen molar-refractivity contribution in [1.29, 1.82) is 0 Å². The summed E-state index contributed by atoms with van der Waals surface area (Å²) in [5.74, 6) is -0.487. The Hall–Kier alpha value is -2.94. The van der Waals surface area contributed by atoms with Gasteiger partial charge in [-0.3, -0.25) is 19.2 Å². The number of hydrogen-bond acceptors (Lipinski definition) is 5. The van der Waals surface area contributed by atoms with Gasteiger partial charge in [0.05, 0.1) is 28.5 Å². The first kappa shape index (κ1) is 21.8. The number of carbonyl (C=O) groups is 1. The first-order chi connectivity index (χ1) is 14.1. The number of nitrogens with zero attached hydrogens (tertiary/aromatic N) is 2. The van der Waals surface area contributed by atoms with Crippen LogP contribution >= 0.6 is 0 Å². The molecule has 160 valence electrons. The molecule has 1 aliphatic carbocycles. The average Bonchev–Trinajstić information content (AvgIpc) is 3.13. The van der Waals surface area contributed by atoms with E-state index >= 15 is 0 Å². The summed E-state index contributed by atoms with van der Waals surface area (Å²) in [5, 5.41) is 14.0. The number of nitro benzene ring substituents is 1. The molecule has 2 aromatic rings. The highest BCUT2D eigenvalue weighted by atomic mass is 32.2. The fourth-order valence-corrected chi connectivity index (χ4v) is 4.73. The third kappa shape index (κ3) is 4.62. The molecule has 8 nitrogen and oxygen atoms in total. The van der Waals surface area contributed by atoms with Gasteiger partial charge in [0.25, 0.3) is 5.69 Å². The first-order valence-electron chi connectivity index (χ1n) is 9.70. The van der Waals surface area contributed by atoms with Gasteiger partial charge in [-0.2, -0.15) is 0 Å². The molecule has 0 saturated heterocycles. The van der Waals surface area contributed by atoms with Gasteiger partial charge >= 0.3 is 0 Å². The second-order valence-electron chi connectivity index (χ2n) is 7.62. The molecule has 0 spiro atoms. The Morgan fingerprint density at radius 3 is 2.60 bits per heavy atom. The normalized spacial score (nSPS) is 14.1. The molecule has 3 rings (SSSR count). The van der Waals surface area contributed by atoms with Crippen molar-refractivity contribution in [3.05, 3.63) is 68.8 Å². The zero-order valence-electron chi connectivity index (χ0n) is 17.2. The number of amides is 1. The second kappa shape index (κ2) is 8.43. The van der Waals surface area contributed by atoms with Gasteiger partial charge in [-0.15, -0.1) is 0 Å². The van der Waals surface area contributed by atoms with E-state index in [0.29, 0.717) is 0 Å². The number of carbonyl (C=O) groups excluding carboxylic acids is 1. The lowest BCUT2D eigenvalue weighted by atomic mass is 10.0. The second-order valence-corrected chi connectivity index (χ2v) is 9.53. The fourth-order valence-electron chi connectivity index (χ4n) is 3.82. The highest BCUT2D eigenvalue weighted by Gasteiger charge is 2.26. The Labute approximate surface area is 176 Å². The number of aryl methyl sites for hydroxylation is 2. The minimum Gasteiger partial charge on any atom is -0.348 e. The van der Waals surface area contributed by atoms with Crippen LogP contribution in [0.1, 0.15) is 41.6 Å². The number of hydrogen-bond donors (Lipinski definition) is 1. The summed E-state index contributed by atoms with van der Waals surface area (Å²) in [6.45, 7) is 2.85. The van der Waals surface area contributed by atoms with Crippen LogP contribution in [0.2, 0.25) is 0 Å². The van der Waals surface area contributed by atoms with Crippen LogP contribution in [0.5, 0.6) is 0 Å². The SMILES string of the molecule is Cc1c(N(CC(=O)NC(C)c2ccc3c(c2)CCC3)S(C)(=O)=O)cccc1[N+](=O)[O-]. The minimum absolute atomic E-state index is 0.118. The van der Waals surface area contributed by atoms with Crippen molar-refractivity contribution in [3.63, 3.8) is 0 Å². The standard InChI is InChI=1S/C21H25N3O5S/c1-14-19(8-5-9-20(14)24(26)27)23(30(3,28)29)13-21(25)22-15(2)17-11-10-16-6-4-7-18(16)12-17/h5,8-12,15H,4,6-7,13H2,1-3H3,(H,22,25). The predicted octanol–water partition coefficient (Wildman–Crippen LogP) is 3.04. The Balaban J connectivity index is 1.80. The maximum absolute atomic E-state index is 12.7. The summed E-state index contributed by atoms with van der Waals surface area (Å²) in [5.41, 5.74) is 3.69. The highest BCUT2D eigenvalue weighted by molar-refractivity contribution is 7.92. The Morgan fingerprint density at radius 2 is 1.93 bits per heavy atom. The maximum Gasteiger partial charge on any atom is 0.274 e. The number of benzene rings is 2. The van der Waals surface area contributed by atoms with Gasteiger partial charge in [-0.25, -0.2) is 8.42 Å². The molecule has 9 heteroatoms. The third-order valence-electron chi connectivity index (χ3n) is 5.43. The lowest BCUT2D eigenvalue weighted by Gasteiger charge is -2.24. The summed E-state index contributed by atoms with van der Waals surface area (Å²) < 4.78 is 25.6. The quantitative estimate of drug-likeness (QED) is 0.535. The van der Waals surface area contributed by atoms with Gasteiger partial charge < -0.3 is 5.32 Å². The van der Waals surface area contributed by atoms with E-state index in [4.69, 9.17) is 0 Å². The zero-order chi connectivity index (χ0) is 22.1. The van der Waals surface area contributed by atoms with E-state index in [0.717, 1.165) is 35.4 Å². The summed E-state index contributed by atoms with van der Waals surface area (Å²) >= 11 is 0. The van der Waals surface area contributed by atoms with Crippen molar-refractivity contribution in [2.24, 2.45) is 0 Å². The number of nitro groups is 1. The summed E-state index contributed by atoms with van der Waals surface area (Å²) in [6.07, 6.45) is 4.20. The largest absolute Gasteiger partial charge is 0.348 e. The molecule has 0 fully saturated rings. The molecule has 1 unspecified atom stereocenters. The number of rotatable bonds is 7. The molecule has 0 radical (unpaired) electrons. The summed E-state index contributed by atoms with van der Waals surface area (Å²) in [4.78, 5) is 23.3. The Bertz CT molecular complexity index is 1100. The summed E-state index contributed by atoms with van der Waals surface area (Å²) in [6, 6.07) is 10.0. The van der Waals surface area contributed by atoms with Gasteiger partial charge in [0.2, 0.25) is 15.9 Å². The molecule has 0 aliphatic heterocycles. The topological polar surface area (TPSA) is 110 Å². The summed E-state index contributed by atoms with van der Waals surface area (Å²) in [7, 11) is -3.84. The van der Waals surface area contributed by atoms with Crippen LogP contribution in [0, 0.1) is 17.0 Å². The molecule has 1 atom stereocenters. The van der Waals surface area contributed by atoms with E-state index in [9.17, 15) is 23.3 Å². The maximum atomic E-state index is 12.7. The van der Waals surface area contributed by atoms with Crippen molar-refractivity contribution in [3.8, 4) is 0 Å². The highest BCUT2D eigenvalue weighted by Crippen LogP contribution is 2.30. The molecule has 0 bridgehead atoms. The van der Waals surface area contributed by atoms with Crippen LogP contribution < -0.4 is 9.62 Å². The third-order valence-corrected chi connectivity index (χ3v) is 6.56. The molecule has 0 saturated carbocycles. The number of nitrogens with one attached hydrogen (secondary N) is 1. The first-order valence-corrected chi connectivity index (χ1v) is 11.6. The molecule has 1 amide bonds. The molecule has 1 aliphatic rings. The van der Waals surface area contributed by atoms with Crippen LogP contribution in [-0.4, -0.2) is 32.0 Å². The molecule has 0 aromatic heterocycles. The van der Waals surface area contributed by atoms with Crippen LogP contribution in [0.25, 0.3) is 0 Å². The van der Waals surface area contributed by atoms with Gasteiger partial charge in [-0.1, -0.05) is 24.3 Å². The lowest BCUT2D eigenvalue weighted by molar-refractivity contribution is -0.385. The van der Waals surface area contributed by atoms with Crippen LogP contribution in [-0.2, 0) is 27.7 Å². The number of sulfonamides is 1. The van der Waals surface area contributed by atoms with Gasteiger partial charge in [0, 0.05) is 6.07 Å². The van der Waals surface area contributed by atoms with E-state index in [1.165, 1.54) is 36.2 Å². The molecule has 1 N–H and O–H groups in total. The van der Waals surface area contributed by atoms with E-state index in [2.05, 4.69) is 17.4 Å². The smallest absolute Gasteiger partial charge is 0.274 e. The minimum atomic E-state index is -3.84. The average molecular weight is 432 g/mol. The van der Waals surface area contributed by atoms with Crippen LogP contribution in [0.15, 0.2) is 36.4 Å². The van der Waals surface area contributed by atoms with Crippen molar-refractivity contribution in [2.45, 2.75) is 39.2 Å². The number of fused-ring (bicyclic) bond motifs is 1. The molecular weight excluding hydrogens is 406 g/mol. The van der Waals surface area contributed by atoms with E-state index < -0.39 is 27.4 Å². The molecule has 30 heavy (non-hydrogen) atoms. The van der Waals surface area contributed by atoms with Crippen molar-refractivity contribution in [2.75, 3.05) is 17.1 Å². The molecular formula is C21H25N3O5S. The Kier molecular flexibility index (Phi) is 6.12. The molecule has 0 heterocycles. The lowest BCUT2D eigenvalue weighted by Crippen LogP contribution is -2.41. The van der Waals surface area contributed by atoms with E-state index in [1.807, 2.05) is 13.0 Å². The van der Waals surface area contributed by atoms with Crippen LogP contribution in [0.3, 0.4) is 0 Å². The van der Waals surface area contributed by atoms with Crippen molar-refractivity contribution in [1.82, 2.24) is 5.32 Å². The monoisotopic (exact) mass is 431 g/mol. The van der Waals surface area contributed by atoms with Gasteiger partial charge in [0.1, 0.15) is 6.54 Å². The van der Waals surface area contributed by atoms with Gasteiger partial charge in [-0.05, 0) is 55.9 Å². The van der Waals surface area contributed by atoms with Crippen LogP contribution in [0.4, 0.5) is 11.4 Å². The van der Waals surface area contributed by atoms with E-state index in [1.54, 1.807) is 0 Å². The van der Waals surface area contributed by atoms with E-state index in [-0.39, 0.29) is 23.0 Å². The fraction of sp³-hybridized carbons (Fsp3) is 0.381.